The van der Waals surface area contributed by atoms with Gasteiger partial charge in [-0.15, -0.1) is 0 Å². The maximum absolute atomic E-state index is 12.7. The summed E-state index contributed by atoms with van der Waals surface area (Å²) in [5.41, 5.74) is 2.81. The predicted octanol–water partition coefficient (Wildman–Crippen LogP) is 4.46. The van der Waals surface area contributed by atoms with Crippen LogP contribution in [0.4, 0.5) is 11.4 Å². The largest absolute Gasteiger partial charge is 0.497 e. The molecule has 166 valence electrons. The molecule has 0 aliphatic carbocycles. The molecule has 0 atom stereocenters. The molecule has 0 aromatic heterocycles. The van der Waals surface area contributed by atoms with Gasteiger partial charge in [-0.25, -0.2) is 8.42 Å². The van der Waals surface area contributed by atoms with Crippen LogP contribution in [0, 0.1) is 6.92 Å². The summed E-state index contributed by atoms with van der Waals surface area (Å²) in [6.07, 6.45) is 3.13. The molecule has 0 radical (unpaired) electrons. The number of carbonyl (C=O) groups excluding carboxylic acids is 1. The molecule has 0 fully saturated rings. The van der Waals surface area contributed by atoms with Crippen LogP contribution >= 0.6 is 0 Å². The summed E-state index contributed by atoms with van der Waals surface area (Å²) < 4.78 is 38.3. The van der Waals surface area contributed by atoms with Gasteiger partial charge in [-0.05, 0) is 55.0 Å². The second-order valence-electron chi connectivity index (χ2n) is 6.93. The maximum Gasteiger partial charge on any atom is 0.262 e. The van der Waals surface area contributed by atoms with Crippen LogP contribution < -0.4 is 19.5 Å². The van der Waals surface area contributed by atoms with Crippen LogP contribution in [0.15, 0.2) is 77.7 Å². The number of methoxy groups -OCH3 is 2. The van der Waals surface area contributed by atoms with E-state index in [4.69, 9.17) is 9.47 Å². The summed E-state index contributed by atoms with van der Waals surface area (Å²) in [5, 5.41) is 2.71. The van der Waals surface area contributed by atoms with Gasteiger partial charge in [0, 0.05) is 17.8 Å². The molecular weight excluding hydrogens is 428 g/mol. The molecule has 0 heterocycles. The van der Waals surface area contributed by atoms with Crippen molar-refractivity contribution < 1.29 is 22.7 Å². The molecule has 0 aliphatic heterocycles. The SMILES string of the molecule is COc1ccc(NS(=O)(=O)c2ccc(NC(=O)/C=C/c3ccc(C)cc3)cc2)c(OC)c1. The molecule has 8 heteroatoms. The van der Waals surface area contributed by atoms with Crippen molar-refractivity contribution in [3.8, 4) is 11.5 Å². The minimum Gasteiger partial charge on any atom is -0.497 e. The van der Waals surface area contributed by atoms with Crippen molar-refractivity contribution in [1.29, 1.82) is 0 Å². The Morgan fingerprint density at radius 3 is 2.22 bits per heavy atom. The van der Waals surface area contributed by atoms with Crippen LogP contribution in [0.2, 0.25) is 0 Å². The Kier molecular flexibility index (Phi) is 7.17. The Morgan fingerprint density at radius 2 is 1.59 bits per heavy atom. The third-order valence-corrected chi connectivity index (χ3v) is 5.97. The lowest BCUT2D eigenvalue weighted by molar-refractivity contribution is -0.111. The number of aryl methyl sites for hydroxylation is 1. The molecule has 3 rings (SSSR count). The molecule has 7 nitrogen and oxygen atoms in total. The summed E-state index contributed by atoms with van der Waals surface area (Å²) in [5.74, 6) is 0.556. The van der Waals surface area contributed by atoms with Gasteiger partial charge in [0.1, 0.15) is 11.5 Å². The zero-order chi connectivity index (χ0) is 23.1. The summed E-state index contributed by atoms with van der Waals surface area (Å²) in [7, 11) is -0.905. The van der Waals surface area contributed by atoms with Crippen molar-refractivity contribution in [1.82, 2.24) is 0 Å². The number of nitrogens with one attached hydrogen (secondary N) is 2. The molecule has 0 bridgehead atoms. The van der Waals surface area contributed by atoms with E-state index in [9.17, 15) is 13.2 Å². The van der Waals surface area contributed by atoms with Crippen molar-refractivity contribution in [2.24, 2.45) is 0 Å². The predicted molar refractivity (Wildman–Crippen MR) is 126 cm³/mol. The van der Waals surface area contributed by atoms with Gasteiger partial charge in [-0.2, -0.15) is 0 Å². The zero-order valence-electron chi connectivity index (χ0n) is 18.0. The van der Waals surface area contributed by atoms with Crippen LogP contribution in [0.5, 0.6) is 11.5 Å². The third-order valence-electron chi connectivity index (χ3n) is 4.59. The van der Waals surface area contributed by atoms with E-state index in [0.717, 1.165) is 11.1 Å². The monoisotopic (exact) mass is 452 g/mol. The maximum atomic E-state index is 12.7. The van der Waals surface area contributed by atoms with Gasteiger partial charge in [-0.1, -0.05) is 29.8 Å². The Labute approximate surface area is 187 Å². The highest BCUT2D eigenvalue weighted by Crippen LogP contribution is 2.31. The number of rotatable bonds is 8. The van der Waals surface area contributed by atoms with Crippen LogP contribution in [-0.4, -0.2) is 28.5 Å². The average Bonchev–Trinajstić information content (AvgIpc) is 2.79. The highest BCUT2D eigenvalue weighted by atomic mass is 32.2. The normalized spacial score (nSPS) is 11.2. The van der Waals surface area contributed by atoms with Gasteiger partial charge in [-0.3, -0.25) is 9.52 Å². The van der Waals surface area contributed by atoms with Gasteiger partial charge in [0.15, 0.2) is 0 Å². The average molecular weight is 453 g/mol. The van der Waals surface area contributed by atoms with Gasteiger partial charge < -0.3 is 14.8 Å². The number of hydrogen-bond acceptors (Lipinski definition) is 5. The van der Waals surface area contributed by atoms with Gasteiger partial charge in [0.05, 0.1) is 24.8 Å². The standard InChI is InChI=1S/C24H24N2O5S/c1-17-4-6-18(7-5-17)8-15-24(27)25-19-9-12-21(13-10-19)32(28,29)26-22-14-11-20(30-2)16-23(22)31-3/h4-16,26H,1-3H3,(H,25,27)/b15-8+. The number of hydrogen-bond donors (Lipinski definition) is 2. The van der Waals surface area contributed by atoms with Gasteiger partial charge >= 0.3 is 0 Å². The van der Waals surface area contributed by atoms with Crippen molar-refractivity contribution in [3.63, 3.8) is 0 Å². The van der Waals surface area contributed by atoms with Gasteiger partial charge in [0.2, 0.25) is 5.91 Å². The van der Waals surface area contributed by atoms with E-state index in [2.05, 4.69) is 10.0 Å². The molecule has 3 aromatic carbocycles. The van der Waals surface area contributed by atoms with E-state index >= 15 is 0 Å². The van der Waals surface area contributed by atoms with Crippen molar-refractivity contribution in [2.45, 2.75) is 11.8 Å². The number of carbonyl (C=O) groups is 1. The second-order valence-corrected chi connectivity index (χ2v) is 8.61. The fraction of sp³-hybridized carbons (Fsp3) is 0.125. The Hall–Kier alpha value is -3.78. The second kappa shape index (κ2) is 10.0. The Bertz CT molecular complexity index is 1220. The first-order chi connectivity index (χ1) is 15.3. The summed E-state index contributed by atoms with van der Waals surface area (Å²) in [6, 6.07) is 18.4. The van der Waals surface area contributed by atoms with E-state index in [1.165, 1.54) is 44.6 Å². The smallest absolute Gasteiger partial charge is 0.262 e. The van der Waals surface area contributed by atoms with E-state index in [1.807, 2.05) is 31.2 Å². The first kappa shape index (κ1) is 22.9. The Morgan fingerprint density at radius 1 is 0.906 bits per heavy atom. The number of sulfonamides is 1. The lowest BCUT2D eigenvalue weighted by Crippen LogP contribution is -2.14. The van der Waals surface area contributed by atoms with E-state index in [-0.39, 0.29) is 16.5 Å². The van der Waals surface area contributed by atoms with Gasteiger partial charge in [0.25, 0.3) is 10.0 Å². The molecule has 0 unspecified atom stereocenters. The molecule has 0 saturated heterocycles. The van der Waals surface area contributed by atoms with E-state index in [1.54, 1.807) is 24.3 Å². The number of benzene rings is 3. The topological polar surface area (TPSA) is 93.7 Å². The van der Waals surface area contributed by atoms with Crippen LogP contribution in [0.1, 0.15) is 11.1 Å². The number of amides is 1. The lowest BCUT2D eigenvalue weighted by atomic mass is 10.1. The van der Waals surface area contributed by atoms with Crippen LogP contribution in [-0.2, 0) is 14.8 Å². The van der Waals surface area contributed by atoms with E-state index in [0.29, 0.717) is 17.2 Å². The number of ether oxygens (including phenoxy) is 2. The minimum absolute atomic E-state index is 0.0450. The lowest BCUT2D eigenvalue weighted by Gasteiger charge is -2.13. The minimum atomic E-state index is -3.86. The van der Waals surface area contributed by atoms with Crippen molar-refractivity contribution in [2.75, 3.05) is 24.3 Å². The summed E-state index contributed by atoms with van der Waals surface area (Å²) in [4.78, 5) is 12.2. The number of anilines is 2. The summed E-state index contributed by atoms with van der Waals surface area (Å²) in [6.45, 7) is 1.99. The molecule has 0 aliphatic rings. The fourth-order valence-electron chi connectivity index (χ4n) is 2.84. The highest BCUT2D eigenvalue weighted by Gasteiger charge is 2.17. The van der Waals surface area contributed by atoms with Crippen LogP contribution in [0.25, 0.3) is 6.08 Å². The first-order valence-electron chi connectivity index (χ1n) is 9.71. The summed E-state index contributed by atoms with van der Waals surface area (Å²) >= 11 is 0. The van der Waals surface area contributed by atoms with Crippen LogP contribution in [0.3, 0.4) is 0 Å². The molecule has 0 spiro atoms. The molecule has 2 N–H and O–H groups in total. The first-order valence-corrected chi connectivity index (χ1v) is 11.2. The molecule has 0 saturated carbocycles. The zero-order valence-corrected chi connectivity index (χ0v) is 18.8. The third kappa shape index (κ3) is 5.89. The Balaban J connectivity index is 1.67. The van der Waals surface area contributed by atoms with E-state index < -0.39 is 10.0 Å². The van der Waals surface area contributed by atoms with Crippen molar-refractivity contribution >= 4 is 33.4 Å². The fourth-order valence-corrected chi connectivity index (χ4v) is 3.91. The molecule has 32 heavy (non-hydrogen) atoms. The molecule has 1 amide bonds. The van der Waals surface area contributed by atoms with Crippen molar-refractivity contribution in [3.05, 3.63) is 83.9 Å². The highest BCUT2D eigenvalue weighted by molar-refractivity contribution is 7.92. The molecular formula is C24H24N2O5S. The quantitative estimate of drug-likeness (QED) is 0.492. The molecule has 3 aromatic rings.